The molecular formula is C67H106N12O14. The Morgan fingerprint density at radius 1 is 0.473 bits per heavy atom. The summed E-state index contributed by atoms with van der Waals surface area (Å²) in [6.45, 7) is 14.6. The van der Waals surface area contributed by atoms with Gasteiger partial charge in [0.1, 0.15) is 23.6 Å². The van der Waals surface area contributed by atoms with Gasteiger partial charge in [-0.15, -0.1) is 0 Å². The highest BCUT2D eigenvalue weighted by Crippen LogP contribution is 2.19. The number of aliphatic hydroxyl groups excluding tert-OH is 1. The van der Waals surface area contributed by atoms with Gasteiger partial charge >= 0.3 is 23.9 Å². The lowest BCUT2D eigenvalue weighted by atomic mass is 9.89. The second-order valence-corrected chi connectivity index (χ2v) is 25.2. The van der Waals surface area contributed by atoms with E-state index < -0.39 is 83.6 Å². The lowest BCUT2D eigenvalue weighted by molar-refractivity contribution is -0.143. The maximum absolute atomic E-state index is 14.5. The van der Waals surface area contributed by atoms with Crippen molar-refractivity contribution in [2.24, 2.45) is 11.3 Å². The molecule has 2 aromatic carbocycles. The topological polar surface area (TPSA) is 396 Å². The van der Waals surface area contributed by atoms with Crippen molar-refractivity contribution >= 4 is 59.1 Å². The quantitative estimate of drug-likeness (QED) is 0.0336. The second kappa shape index (κ2) is 44.3. The number of hydrogen-bond acceptors (Lipinski definition) is 17. The molecule has 93 heavy (non-hydrogen) atoms. The first-order chi connectivity index (χ1) is 44.6. The fourth-order valence-electron chi connectivity index (χ4n) is 11.3. The molecule has 3 heterocycles. The number of nitrogens with one attached hydrogen (secondary N) is 12. The summed E-state index contributed by atoms with van der Waals surface area (Å²) in [6, 6.07) is 12.8. The van der Waals surface area contributed by atoms with Crippen molar-refractivity contribution in [1.29, 1.82) is 0 Å². The Balaban J connectivity index is 1.20. The number of aliphatic carboxylic acids is 3. The third kappa shape index (κ3) is 33.9. The maximum Gasteiger partial charge on any atom is 0.326 e. The predicted octanol–water partition coefficient (Wildman–Crippen LogP) is 2.90. The van der Waals surface area contributed by atoms with Crippen LogP contribution in [0, 0.1) is 11.3 Å². The standard InChI is InChI=1S/C67H106N12O14/c1-48(80)53(77-65(93)78-55(64(91)92)30-31-61(86)87)25-14-7-13-24-52(81)23-12-3-4-15-27-58(83)74-32-17-16-26-54(63(89)90)76-62(88)51(39-49-19-8-5-9-20-49)41-57(82)56(40-50-21-10-6-11-22-50)75-59(84)28-18-29-60(85)79-67-45-71-36-33-68-42-66(2,43-69-34-37-72-46-67)44-70-35-38-73-47-67/h5-6,8-11,19-22,51,53-56,68-73,80H,1,3-4,7,12-18,23-47H2,2H3,(H,74,83)(H,75,84)(H,76,88)(H,79,85)(H,86,87)(H,89,90)(H,91,92)(H2,77,78,93)/t51-,53?,54?,55?,56?,66?,67?/m0/s1. The van der Waals surface area contributed by atoms with Gasteiger partial charge in [-0.2, -0.15) is 0 Å². The minimum absolute atomic E-state index is 0.0318. The summed E-state index contributed by atoms with van der Waals surface area (Å²) in [4.78, 5) is 128. The van der Waals surface area contributed by atoms with Gasteiger partial charge in [0.2, 0.25) is 23.6 Å². The normalized spacial score (nSPS) is 18.9. The Hall–Kier alpha value is -7.36. The highest BCUT2D eigenvalue weighted by Gasteiger charge is 2.34. The molecule has 2 bridgehead atoms. The number of Topliss-reactive ketones (excluding diaryl/α,β-unsaturated/α-hetero) is 2. The van der Waals surface area contributed by atoms with Crippen molar-refractivity contribution in [2.75, 3.05) is 85.1 Å². The zero-order valence-corrected chi connectivity index (χ0v) is 54.5. The zero-order chi connectivity index (χ0) is 67.7. The van der Waals surface area contributed by atoms with Crippen LogP contribution < -0.4 is 63.8 Å². The lowest BCUT2D eigenvalue weighted by Crippen LogP contribution is -2.66. The minimum atomic E-state index is -1.43. The van der Waals surface area contributed by atoms with Gasteiger partial charge in [-0.3, -0.25) is 33.6 Å². The molecule has 26 nitrogen and oxygen atoms in total. The van der Waals surface area contributed by atoms with E-state index in [4.69, 9.17) is 5.11 Å². The predicted molar refractivity (Wildman–Crippen MR) is 353 cm³/mol. The van der Waals surface area contributed by atoms with Crippen LogP contribution >= 0.6 is 0 Å². The van der Waals surface area contributed by atoms with Crippen LogP contribution in [-0.4, -0.2) is 194 Å². The minimum Gasteiger partial charge on any atom is -0.511 e. The number of amides is 6. The maximum atomic E-state index is 14.5. The van der Waals surface area contributed by atoms with Crippen LogP contribution in [0.25, 0.3) is 0 Å². The number of carboxylic acids is 3. The van der Waals surface area contributed by atoms with E-state index >= 15 is 0 Å². The summed E-state index contributed by atoms with van der Waals surface area (Å²) < 4.78 is 0. The molecule has 6 amide bonds. The highest BCUT2D eigenvalue weighted by atomic mass is 16.4. The van der Waals surface area contributed by atoms with Gasteiger partial charge in [-0.1, -0.05) is 99.8 Å². The van der Waals surface area contributed by atoms with E-state index in [0.717, 1.165) is 63.2 Å². The molecule has 5 atom stereocenters. The number of ketones is 2. The molecule has 0 radical (unpaired) electrons. The van der Waals surface area contributed by atoms with E-state index in [1.807, 2.05) is 60.7 Å². The number of urea groups is 1. The van der Waals surface area contributed by atoms with Gasteiger partial charge in [0.05, 0.1) is 17.6 Å². The molecule has 0 spiro atoms. The number of carbonyl (C=O) groups is 10. The molecule has 3 aliphatic heterocycles. The van der Waals surface area contributed by atoms with Crippen molar-refractivity contribution in [3.63, 3.8) is 0 Å². The van der Waals surface area contributed by atoms with Crippen LogP contribution in [0.4, 0.5) is 4.79 Å². The van der Waals surface area contributed by atoms with E-state index in [0.29, 0.717) is 104 Å². The van der Waals surface area contributed by atoms with Crippen molar-refractivity contribution < 1.29 is 68.4 Å². The second-order valence-electron chi connectivity index (χ2n) is 25.2. The van der Waals surface area contributed by atoms with Crippen molar-refractivity contribution in [3.05, 3.63) is 84.1 Å². The van der Waals surface area contributed by atoms with Gasteiger partial charge in [-0.25, -0.2) is 14.4 Å². The summed E-state index contributed by atoms with van der Waals surface area (Å²) in [7, 11) is 0. The number of fused-ring (bicyclic) bond motifs is 15. The van der Waals surface area contributed by atoms with Gasteiger partial charge in [-0.05, 0) is 81.8 Å². The molecule has 0 aromatic heterocycles. The third-order valence-corrected chi connectivity index (χ3v) is 16.7. The molecule has 26 heteroatoms. The first kappa shape index (κ1) is 78.1. The van der Waals surface area contributed by atoms with E-state index in [-0.39, 0.29) is 93.0 Å². The van der Waals surface area contributed by atoms with Crippen LogP contribution in [0.5, 0.6) is 0 Å². The zero-order valence-electron chi connectivity index (χ0n) is 54.5. The van der Waals surface area contributed by atoms with Crippen LogP contribution in [0.2, 0.25) is 0 Å². The number of aliphatic hydroxyl groups is 1. The molecule has 5 rings (SSSR count). The van der Waals surface area contributed by atoms with E-state index in [9.17, 15) is 63.3 Å². The van der Waals surface area contributed by atoms with Crippen LogP contribution in [0.1, 0.15) is 146 Å². The Labute approximate surface area is 547 Å². The summed E-state index contributed by atoms with van der Waals surface area (Å²) in [5, 5.41) is 76.2. The monoisotopic (exact) mass is 1300 g/mol. The van der Waals surface area contributed by atoms with Crippen molar-refractivity contribution in [1.82, 2.24) is 63.8 Å². The largest absolute Gasteiger partial charge is 0.511 e. The molecular weight excluding hydrogens is 1200 g/mol. The number of unbranched alkanes of at least 4 members (excludes halogenated alkanes) is 6. The van der Waals surface area contributed by atoms with Gasteiger partial charge < -0.3 is 84.2 Å². The van der Waals surface area contributed by atoms with E-state index in [2.05, 4.69) is 77.3 Å². The fourth-order valence-corrected chi connectivity index (χ4v) is 11.3. The highest BCUT2D eigenvalue weighted by molar-refractivity contribution is 5.94. The average Bonchev–Trinajstić information content (AvgIpc) is 1.03. The van der Waals surface area contributed by atoms with Crippen LogP contribution in [0.3, 0.4) is 0 Å². The number of rotatable bonds is 41. The van der Waals surface area contributed by atoms with Gasteiger partial charge in [0, 0.05) is 141 Å². The number of hydrogen-bond donors (Lipinski definition) is 16. The summed E-state index contributed by atoms with van der Waals surface area (Å²) >= 11 is 0. The molecule has 0 saturated carbocycles. The molecule has 3 fully saturated rings. The smallest absolute Gasteiger partial charge is 0.326 e. The molecule has 2 aromatic rings. The average molecular weight is 1300 g/mol. The number of carbonyl (C=O) groups excluding carboxylic acids is 7. The Kier molecular flexibility index (Phi) is 37.2. The first-order valence-electron chi connectivity index (χ1n) is 33.3. The molecule has 16 N–H and O–H groups in total. The fraction of sp³-hybridized carbons (Fsp3) is 0.642. The lowest BCUT2D eigenvalue weighted by Gasteiger charge is -2.37. The molecule has 3 aliphatic rings. The molecule has 3 saturated heterocycles. The summed E-state index contributed by atoms with van der Waals surface area (Å²) in [6.07, 6.45) is 6.22. The van der Waals surface area contributed by atoms with E-state index in [1.165, 1.54) is 0 Å². The van der Waals surface area contributed by atoms with Gasteiger partial charge in [0.25, 0.3) is 0 Å². The molecule has 0 aliphatic carbocycles. The third-order valence-electron chi connectivity index (χ3n) is 16.7. The Morgan fingerprint density at radius 3 is 1.47 bits per heavy atom. The number of benzene rings is 2. The Morgan fingerprint density at radius 2 is 0.935 bits per heavy atom. The number of carboxylic acid groups (broad SMARTS) is 3. The van der Waals surface area contributed by atoms with Gasteiger partial charge in [0.15, 0.2) is 5.78 Å². The van der Waals surface area contributed by atoms with Crippen molar-refractivity contribution in [3.8, 4) is 0 Å². The summed E-state index contributed by atoms with van der Waals surface area (Å²) in [5.41, 5.74) is 0.923. The molecule has 4 unspecified atom stereocenters. The molecule has 518 valence electrons. The SMILES string of the molecule is C=C(O)C(CCCCCC(=O)CCCCCCC(=O)NCCCCC(NC(=O)[C@H](CC(=O)C(Cc1ccccc1)NC(=O)CCCC(=O)NC12CNCCNCC(C)(CNCCNC1)CNCCNC2)Cc1ccccc1)C(=O)O)NC(=O)NC(CCC(=O)O)C(=O)O. The first-order valence-corrected chi connectivity index (χ1v) is 33.3. The summed E-state index contributed by atoms with van der Waals surface area (Å²) in [5.74, 6) is -6.86. The van der Waals surface area contributed by atoms with Crippen molar-refractivity contribution in [2.45, 2.75) is 178 Å². The van der Waals surface area contributed by atoms with E-state index in [1.54, 1.807) is 0 Å². The van der Waals surface area contributed by atoms with Crippen LogP contribution in [0.15, 0.2) is 73.0 Å². The van der Waals surface area contributed by atoms with Crippen LogP contribution in [-0.2, 0) is 56.0 Å². The Bertz CT molecular complexity index is 2610.